The van der Waals surface area contributed by atoms with Crippen LogP contribution in [0.3, 0.4) is 0 Å². The highest BCUT2D eigenvalue weighted by molar-refractivity contribution is 6.12. The van der Waals surface area contributed by atoms with Crippen LogP contribution < -0.4 is 0 Å². The van der Waals surface area contributed by atoms with E-state index in [1.165, 1.54) is 6.08 Å². The van der Waals surface area contributed by atoms with Crippen molar-refractivity contribution < 1.29 is 19.8 Å². The maximum absolute atomic E-state index is 11.7. The maximum Gasteiger partial charge on any atom is 0.338 e. The van der Waals surface area contributed by atoms with Crippen LogP contribution in [0, 0.1) is 0 Å². The number of hydrogen-bond donors (Lipinski definition) is 2. The van der Waals surface area contributed by atoms with Crippen LogP contribution in [0.4, 0.5) is 0 Å². The molecule has 2 aromatic carbocycles. The summed E-state index contributed by atoms with van der Waals surface area (Å²) in [4.78, 5) is 27.6. The molecule has 3 rings (SSSR count). The summed E-state index contributed by atoms with van der Waals surface area (Å²) in [6.45, 7) is 0. The zero-order chi connectivity index (χ0) is 17.1. The van der Waals surface area contributed by atoms with E-state index in [0.29, 0.717) is 10.9 Å². The lowest BCUT2D eigenvalue weighted by atomic mass is 9.99. The van der Waals surface area contributed by atoms with Crippen LogP contribution in [0.5, 0.6) is 0 Å². The van der Waals surface area contributed by atoms with E-state index < -0.39 is 11.9 Å². The Hall–Kier alpha value is -3.47. The maximum atomic E-state index is 11.7. The van der Waals surface area contributed by atoms with E-state index in [-0.39, 0.29) is 16.8 Å². The van der Waals surface area contributed by atoms with Crippen molar-refractivity contribution in [3.63, 3.8) is 0 Å². The Balaban J connectivity index is 2.27. The van der Waals surface area contributed by atoms with Gasteiger partial charge in [-0.2, -0.15) is 0 Å². The largest absolute Gasteiger partial charge is 0.478 e. The minimum absolute atomic E-state index is 0.113. The molecule has 0 saturated carbocycles. The molecule has 0 aliphatic rings. The van der Waals surface area contributed by atoms with Gasteiger partial charge in [-0.15, -0.1) is 0 Å². The zero-order valence-corrected chi connectivity index (χ0v) is 12.5. The molecule has 2 N–H and O–H groups in total. The predicted molar refractivity (Wildman–Crippen MR) is 91.0 cm³/mol. The first kappa shape index (κ1) is 15.4. The first-order chi connectivity index (χ1) is 11.6. The number of pyridine rings is 1. The molecule has 5 nitrogen and oxygen atoms in total. The fourth-order valence-corrected chi connectivity index (χ4v) is 2.53. The van der Waals surface area contributed by atoms with Crippen LogP contribution in [0.25, 0.3) is 23.1 Å². The van der Waals surface area contributed by atoms with Gasteiger partial charge in [0.25, 0.3) is 0 Å². The van der Waals surface area contributed by atoms with Crippen molar-refractivity contribution in [3.05, 3.63) is 77.0 Å². The van der Waals surface area contributed by atoms with Crippen molar-refractivity contribution in [2.24, 2.45) is 0 Å². The minimum atomic E-state index is -1.32. The van der Waals surface area contributed by atoms with Crippen molar-refractivity contribution in [3.8, 4) is 0 Å². The molecule has 0 spiro atoms. The number of para-hydroxylation sites is 1. The second-order valence-corrected chi connectivity index (χ2v) is 5.12. The van der Waals surface area contributed by atoms with Gasteiger partial charge in [0.15, 0.2) is 0 Å². The van der Waals surface area contributed by atoms with Crippen LogP contribution in [0.2, 0.25) is 0 Å². The van der Waals surface area contributed by atoms with Gasteiger partial charge >= 0.3 is 11.9 Å². The molecule has 0 unspecified atom stereocenters. The number of fused-ring (bicyclic) bond motifs is 1. The van der Waals surface area contributed by atoms with E-state index >= 15 is 0 Å². The highest BCUT2D eigenvalue weighted by Crippen LogP contribution is 2.25. The summed E-state index contributed by atoms with van der Waals surface area (Å²) in [6, 6.07) is 15.9. The van der Waals surface area contributed by atoms with Crippen molar-refractivity contribution >= 4 is 35.0 Å². The topological polar surface area (TPSA) is 87.5 Å². The summed E-state index contributed by atoms with van der Waals surface area (Å²) in [5.74, 6) is -2.61. The van der Waals surface area contributed by atoms with E-state index in [1.807, 2.05) is 30.3 Å². The molecule has 0 atom stereocenters. The van der Waals surface area contributed by atoms with Crippen LogP contribution in [-0.2, 0) is 0 Å². The van der Waals surface area contributed by atoms with Crippen molar-refractivity contribution in [2.45, 2.75) is 0 Å². The number of hydrogen-bond acceptors (Lipinski definition) is 3. The van der Waals surface area contributed by atoms with E-state index in [4.69, 9.17) is 0 Å². The van der Waals surface area contributed by atoms with Crippen LogP contribution >= 0.6 is 0 Å². The summed E-state index contributed by atoms with van der Waals surface area (Å²) in [6.07, 6.45) is 3.23. The molecule has 0 aliphatic heterocycles. The van der Waals surface area contributed by atoms with Crippen molar-refractivity contribution in [1.82, 2.24) is 4.98 Å². The average Bonchev–Trinajstić information content (AvgIpc) is 2.59. The first-order valence-electron chi connectivity index (χ1n) is 7.20. The van der Waals surface area contributed by atoms with Crippen molar-refractivity contribution in [1.29, 1.82) is 0 Å². The second kappa shape index (κ2) is 6.34. The number of carboxylic acids is 2. The Kier molecular flexibility index (Phi) is 4.07. The predicted octanol–water partition coefficient (Wildman–Crippen LogP) is 3.80. The van der Waals surface area contributed by atoms with E-state index in [9.17, 15) is 19.8 Å². The van der Waals surface area contributed by atoms with Gasteiger partial charge in [0, 0.05) is 5.39 Å². The fraction of sp³-hybridized carbons (Fsp3) is 0. The highest BCUT2D eigenvalue weighted by atomic mass is 16.4. The summed E-state index contributed by atoms with van der Waals surface area (Å²) >= 11 is 0. The Morgan fingerprint density at radius 3 is 2.08 bits per heavy atom. The summed E-state index contributed by atoms with van der Waals surface area (Å²) < 4.78 is 0. The van der Waals surface area contributed by atoms with Gasteiger partial charge in [0.05, 0.1) is 16.8 Å². The third kappa shape index (κ3) is 2.87. The number of rotatable bonds is 4. The highest BCUT2D eigenvalue weighted by Gasteiger charge is 2.23. The zero-order valence-electron chi connectivity index (χ0n) is 12.5. The third-order valence-corrected chi connectivity index (χ3v) is 3.58. The lowest BCUT2D eigenvalue weighted by molar-refractivity contribution is 0.0652. The number of carboxylic acid groups (broad SMARTS) is 2. The molecule has 24 heavy (non-hydrogen) atoms. The fourth-order valence-electron chi connectivity index (χ4n) is 2.53. The summed E-state index contributed by atoms with van der Waals surface area (Å²) in [5.41, 5.74) is 0.852. The Labute approximate surface area is 137 Å². The average molecular weight is 319 g/mol. The number of carbonyl (C=O) groups is 2. The molecule has 0 radical (unpaired) electrons. The third-order valence-electron chi connectivity index (χ3n) is 3.58. The number of aromatic nitrogens is 1. The van der Waals surface area contributed by atoms with Gasteiger partial charge < -0.3 is 10.2 Å². The smallest absolute Gasteiger partial charge is 0.338 e. The summed E-state index contributed by atoms with van der Waals surface area (Å²) in [7, 11) is 0. The molecule has 5 heteroatoms. The van der Waals surface area contributed by atoms with E-state index in [0.717, 1.165) is 5.56 Å². The molecule has 1 heterocycles. The monoisotopic (exact) mass is 319 g/mol. The molecule has 0 fully saturated rings. The van der Waals surface area contributed by atoms with E-state index in [1.54, 1.807) is 30.3 Å². The van der Waals surface area contributed by atoms with Gasteiger partial charge in [-0.1, -0.05) is 54.6 Å². The van der Waals surface area contributed by atoms with E-state index in [2.05, 4.69) is 4.98 Å². The molecule has 0 amide bonds. The summed E-state index contributed by atoms with van der Waals surface area (Å²) in [5, 5.41) is 19.3. The molecule has 0 aliphatic carbocycles. The Morgan fingerprint density at radius 1 is 0.792 bits per heavy atom. The number of benzene rings is 2. The molecular weight excluding hydrogens is 306 g/mol. The lowest BCUT2D eigenvalue weighted by Gasteiger charge is -2.09. The van der Waals surface area contributed by atoms with Gasteiger partial charge in [-0.3, -0.25) is 0 Å². The van der Waals surface area contributed by atoms with Crippen LogP contribution in [0.15, 0.2) is 54.6 Å². The number of nitrogens with zero attached hydrogens (tertiary/aromatic N) is 1. The lowest BCUT2D eigenvalue weighted by Crippen LogP contribution is -2.12. The molecular formula is C19H13NO4. The quantitative estimate of drug-likeness (QED) is 0.763. The Morgan fingerprint density at radius 2 is 1.42 bits per heavy atom. The number of aromatic carboxylic acids is 2. The van der Waals surface area contributed by atoms with Gasteiger partial charge in [-0.25, -0.2) is 14.6 Å². The SMILES string of the molecule is O=C(O)c1c(C=Cc2ccccc2)nc2ccccc2c1C(=O)O. The van der Waals surface area contributed by atoms with Gasteiger partial charge in [-0.05, 0) is 17.7 Å². The van der Waals surface area contributed by atoms with Gasteiger partial charge in [0.1, 0.15) is 5.56 Å². The minimum Gasteiger partial charge on any atom is -0.478 e. The van der Waals surface area contributed by atoms with Crippen molar-refractivity contribution in [2.75, 3.05) is 0 Å². The molecule has 3 aromatic rings. The molecule has 0 bridgehead atoms. The van der Waals surface area contributed by atoms with Crippen LogP contribution in [-0.4, -0.2) is 27.1 Å². The molecule has 1 aromatic heterocycles. The van der Waals surface area contributed by atoms with Crippen LogP contribution in [0.1, 0.15) is 32.0 Å². The standard InChI is InChI=1S/C19H13NO4/c21-18(22)16-13-8-4-5-9-14(13)20-15(17(16)19(23)24)11-10-12-6-2-1-3-7-12/h1-11H,(H,21,22)(H,23,24). The normalized spacial score (nSPS) is 11.0. The second-order valence-electron chi connectivity index (χ2n) is 5.12. The molecule has 118 valence electrons. The molecule has 0 saturated heterocycles. The Bertz CT molecular complexity index is 962. The van der Waals surface area contributed by atoms with Gasteiger partial charge in [0.2, 0.25) is 0 Å². The first-order valence-corrected chi connectivity index (χ1v) is 7.20.